The van der Waals surface area contributed by atoms with Crippen molar-refractivity contribution in [3.8, 4) is 17.1 Å². The van der Waals surface area contributed by atoms with Crippen molar-refractivity contribution in [3.05, 3.63) is 36.7 Å². The summed E-state index contributed by atoms with van der Waals surface area (Å²) in [6.45, 7) is 5.44. The average Bonchev–Trinajstić information content (AvgIpc) is 3.23. The Labute approximate surface area is 196 Å². The standard InChI is InChI=1S/C22H30N4O3.2ClH/c1-16-7-11-25(12-8-16)21(28)15-29-18-4-2-17(3-5-18)22-24-10-13-26(22)19-6-9-23-14-20(19)27;;/h2-5,10,13,16,19-20,23,27H,6-9,11-12,14-15H2,1H3;2*1H/t19-,20-;;/m0../s1. The van der Waals surface area contributed by atoms with Crippen molar-refractivity contribution in [1.29, 1.82) is 0 Å². The molecule has 7 nitrogen and oxygen atoms in total. The van der Waals surface area contributed by atoms with Crippen LogP contribution in [0.5, 0.6) is 5.75 Å². The molecule has 0 bridgehead atoms. The van der Waals surface area contributed by atoms with Gasteiger partial charge in [0.05, 0.1) is 12.1 Å². The Morgan fingerprint density at radius 1 is 1.19 bits per heavy atom. The number of benzene rings is 1. The van der Waals surface area contributed by atoms with Crippen molar-refractivity contribution < 1.29 is 14.6 Å². The lowest BCUT2D eigenvalue weighted by Crippen LogP contribution is -2.41. The van der Waals surface area contributed by atoms with Crippen LogP contribution in [0, 0.1) is 5.92 Å². The second-order valence-electron chi connectivity index (χ2n) is 8.16. The van der Waals surface area contributed by atoms with Crippen LogP contribution in [-0.4, -0.2) is 64.4 Å². The molecule has 2 fully saturated rings. The van der Waals surface area contributed by atoms with Crippen LogP contribution in [0.15, 0.2) is 36.7 Å². The molecule has 2 atom stereocenters. The highest BCUT2D eigenvalue weighted by Crippen LogP contribution is 2.28. The fraction of sp³-hybridized carbons (Fsp3) is 0.545. The van der Waals surface area contributed by atoms with E-state index in [1.54, 1.807) is 6.20 Å². The van der Waals surface area contributed by atoms with E-state index in [9.17, 15) is 9.90 Å². The highest BCUT2D eigenvalue weighted by Gasteiger charge is 2.26. The zero-order valence-corrected chi connectivity index (χ0v) is 19.4. The molecule has 0 unspecified atom stereocenters. The number of likely N-dealkylation sites (tertiary alicyclic amines) is 1. The lowest BCUT2D eigenvalue weighted by atomic mass is 9.99. The quantitative estimate of drug-likeness (QED) is 0.701. The number of aliphatic hydroxyl groups excluding tert-OH is 1. The summed E-state index contributed by atoms with van der Waals surface area (Å²) in [6.07, 6.45) is 6.27. The first-order chi connectivity index (χ1) is 14.1. The van der Waals surface area contributed by atoms with Crippen LogP contribution in [0.4, 0.5) is 0 Å². The molecule has 4 rings (SSSR count). The Morgan fingerprint density at radius 2 is 1.90 bits per heavy atom. The van der Waals surface area contributed by atoms with E-state index >= 15 is 0 Å². The van der Waals surface area contributed by atoms with E-state index in [0.717, 1.165) is 50.3 Å². The number of halogens is 2. The van der Waals surface area contributed by atoms with Crippen LogP contribution in [0.3, 0.4) is 0 Å². The van der Waals surface area contributed by atoms with Crippen molar-refractivity contribution in [1.82, 2.24) is 19.8 Å². The van der Waals surface area contributed by atoms with Gasteiger partial charge in [0.2, 0.25) is 0 Å². The van der Waals surface area contributed by atoms with Gasteiger partial charge in [-0.05, 0) is 56.0 Å². The largest absolute Gasteiger partial charge is 0.484 e. The molecule has 1 aromatic heterocycles. The van der Waals surface area contributed by atoms with E-state index in [1.807, 2.05) is 35.4 Å². The third-order valence-electron chi connectivity index (χ3n) is 6.05. The number of nitrogens with zero attached hydrogens (tertiary/aromatic N) is 3. The molecule has 1 aromatic carbocycles. The second-order valence-corrected chi connectivity index (χ2v) is 8.16. The lowest BCUT2D eigenvalue weighted by molar-refractivity contribution is -0.134. The minimum Gasteiger partial charge on any atom is -0.484 e. The number of aromatic nitrogens is 2. The average molecular weight is 471 g/mol. The predicted molar refractivity (Wildman–Crippen MR) is 125 cm³/mol. The molecular weight excluding hydrogens is 439 g/mol. The van der Waals surface area contributed by atoms with Crippen LogP contribution >= 0.6 is 24.8 Å². The molecule has 172 valence electrons. The van der Waals surface area contributed by atoms with Crippen molar-refractivity contribution >= 4 is 30.7 Å². The number of β-amino-alcohol motifs (C(OH)–C–C–N with tert-alkyl or cyclic N) is 1. The Balaban J connectivity index is 0.00000171. The lowest BCUT2D eigenvalue weighted by Gasteiger charge is -2.30. The first-order valence-electron chi connectivity index (χ1n) is 10.5. The van der Waals surface area contributed by atoms with E-state index in [2.05, 4.69) is 21.8 Å². The number of carbonyl (C=O) groups excluding carboxylic acids is 1. The fourth-order valence-electron chi connectivity index (χ4n) is 4.15. The van der Waals surface area contributed by atoms with Gasteiger partial charge in [0.1, 0.15) is 11.6 Å². The number of amides is 1. The summed E-state index contributed by atoms with van der Waals surface area (Å²) >= 11 is 0. The monoisotopic (exact) mass is 470 g/mol. The highest BCUT2D eigenvalue weighted by atomic mass is 35.5. The first kappa shape index (κ1) is 25.5. The van der Waals surface area contributed by atoms with Crippen molar-refractivity contribution in [2.45, 2.75) is 38.3 Å². The van der Waals surface area contributed by atoms with Gasteiger partial charge in [-0.2, -0.15) is 0 Å². The third kappa shape index (κ3) is 6.13. The van der Waals surface area contributed by atoms with E-state index < -0.39 is 6.10 Å². The van der Waals surface area contributed by atoms with Gasteiger partial charge in [0.25, 0.3) is 5.91 Å². The van der Waals surface area contributed by atoms with Crippen LogP contribution in [0.1, 0.15) is 32.2 Å². The molecule has 2 saturated heterocycles. The van der Waals surface area contributed by atoms with E-state index in [0.29, 0.717) is 18.2 Å². The molecule has 31 heavy (non-hydrogen) atoms. The van der Waals surface area contributed by atoms with Gasteiger partial charge in [-0.15, -0.1) is 24.8 Å². The molecule has 0 aliphatic carbocycles. The topological polar surface area (TPSA) is 79.6 Å². The number of nitrogens with one attached hydrogen (secondary N) is 1. The molecule has 0 saturated carbocycles. The molecule has 2 aromatic rings. The third-order valence-corrected chi connectivity index (χ3v) is 6.05. The van der Waals surface area contributed by atoms with Gasteiger partial charge in [-0.25, -0.2) is 4.98 Å². The van der Waals surface area contributed by atoms with Crippen LogP contribution in [0.25, 0.3) is 11.4 Å². The number of imidazole rings is 1. The van der Waals surface area contributed by atoms with Gasteiger partial charge in [0, 0.05) is 37.6 Å². The Hall–Kier alpha value is -1.80. The summed E-state index contributed by atoms with van der Waals surface area (Å²) in [7, 11) is 0. The number of ether oxygens (including phenoxy) is 1. The maximum absolute atomic E-state index is 12.3. The predicted octanol–water partition coefficient (Wildman–Crippen LogP) is 2.93. The van der Waals surface area contributed by atoms with Crippen molar-refractivity contribution in [3.63, 3.8) is 0 Å². The summed E-state index contributed by atoms with van der Waals surface area (Å²) in [4.78, 5) is 18.7. The number of hydrogen-bond acceptors (Lipinski definition) is 5. The van der Waals surface area contributed by atoms with Crippen LogP contribution in [0.2, 0.25) is 0 Å². The van der Waals surface area contributed by atoms with Gasteiger partial charge < -0.3 is 24.6 Å². The number of piperidine rings is 2. The van der Waals surface area contributed by atoms with Crippen LogP contribution in [-0.2, 0) is 4.79 Å². The Morgan fingerprint density at radius 3 is 2.58 bits per heavy atom. The molecule has 0 spiro atoms. The number of aliphatic hydroxyl groups is 1. The van der Waals surface area contributed by atoms with E-state index in [4.69, 9.17) is 4.74 Å². The normalized spacial score (nSPS) is 21.7. The molecule has 2 N–H and O–H groups in total. The Kier molecular flexibility index (Phi) is 9.62. The first-order valence-corrected chi connectivity index (χ1v) is 10.5. The highest BCUT2D eigenvalue weighted by molar-refractivity contribution is 5.85. The maximum Gasteiger partial charge on any atom is 0.260 e. The van der Waals surface area contributed by atoms with Gasteiger partial charge >= 0.3 is 0 Å². The molecule has 2 aliphatic rings. The zero-order chi connectivity index (χ0) is 20.2. The minimum absolute atomic E-state index is 0. The van der Waals surface area contributed by atoms with Crippen LogP contribution < -0.4 is 10.1 Å². The number of carbonyl (C=O) groups is 1. The van der Waals surface area contributed by atoms with Crippen molar-refractivity contribution in [2.24, 2.45) is 5.92 Å². The molecule has 1 amide bonds. The molecular formula is C22H32Cl2N4O3. The summed E-state index contributed by atoms with van der Waals surface area (Å²) in [6, 6.07) is 7.68. The van der Waals surface area contributed by atoms with Crippen molar-refractivity contribution in [2.75, 3.05) is 32.8 Å². The maximum atomic E-state index is 12.3. The van der Waals surface area contributed by atoms with E-state index in [1.165, 1.54) is 0 Å². The molecule has 0 radical (unpaired) electrons. The summed E-state index contributed by atoms with van der Waals surface area (Å²) in [5.41, 5.74) is 0.962. The molecule has 9 heteroatoms. The number of rotatable bonds is 5. The fourth-order valence-corrected chi connectivity index (χ4v) is 4.15. The second kappa shape index (κ2) is 11.7. The SMILES string of the molecule is CC1CCN(C(=O)COc2ccc(-c3nccn3[C@H]3CCNC[C@@H]3O)cc2)CC1.Cl.Cl. The number of hydrogen-bond donors (Lipinski definition) is 2. The van der Waals surface area contributed by atoms with Gasteiger partial charge in [-0.3, -0.25) is 4.79 Å². The van der Waals surface area contributed by atoms with Gasteiger partial charge in [-0.1, -0.05) is 6.92 Å². The molecule has 2 aliphatic heterocycles. The minimum atomic E-state index is -0.428. The summed E-state index contributed by atoms with van der Waals surface area (Å²) in [5, 5.41) is 13.5. The summed E-state index contributed by atoms with van der Waals surface area (Å²) in [5.74, 6) is 2.26. The zero-order valence-electron chi connectivity index (χ0n) is 17.8. The molecule has 3 heterocycles. The Bertz CT molecular complexity index is 822. The van der Waals surface area contributed by atoms with E-state index in [-0.39, 0.29) is 43.4 Å². The summed E-state index contributed by atoms with van der Waals surface area (Å²) < 4.78 is 7.77. The van der Waals surface area contributed by atoms with Gasteiger partial charge in [0.15, 0.2) is 6.61 Å². The smallest absolute Gasteiger partial charge is 0.260 e.